The molecule has 0 atom stereocenters. The van der Waals surface area contributed by atoms with Crippen molar-refractivity contribution in [2.75, 3.05) is 7.11 Å². The van der Waals surface area contributed by atoms with E-state index in [1.54, 1.807) is 19.2 Å². The SMILES string of the molecule is CCC(=O)c1ccc(Br)cc1OC. The van der Waals surface area contributed by atoms with Crippen molar-refractivity contribution < 1.29 is 9.53 Å². The molecule has 0 saturated heterocycles. The summed E-state index contributed by atoms with van der Waals surface area (Å²) in [6, 6.07) is 5.41. The zero-order valence-electron chi connectivity index (χ0n) is 7.63. The molecule has 1 aromatic rings. The van der Waals surface area contributed by atoms with Crippen LogP contribution in [0.15, 0.2) is 22.7 Å². The molecule has 0 aliphatic carbocycles. The van der Waals surface area contributed by atoms with E-state index in [0.717, 1.165) is 4.47 Å². The summed E-state index contributed by atoms with van der Waals surface area (Å²) >= 11 is 3.32. The zero-order chi connectivity index (χ0) is 9.84. The number of ether oxygens (including phenoxy) is 1. The van der Waals surface area contributed by atoms with Gasteiger partial charge >= 0.3 is 0 Å². The Morgan fingerprint density at radius 1 is 1.54 bits per heavy atom. The molecule has 0 aliphatic rings. The molecule has 2 nitrogen and oxygen atoms in total. The van der Waals surface area contributed by atoms with Gasteiger partial charge in [0.15, 0.2) is 5.78 Å². The first-order chi connectivity index (χ1) is 6.19. The third kappa shape index (κ3) is 2.31. The Bertz CT molecular complexity index is 321. The maximum Gasteiger partial charge on any atom is 0.166 e. The van der Waals surface area contributed by atoms with Crippen molar-refractivity contribution in [2.24, 2.45) is 0 Å². The fraction of sp³-hybridized carbons (Fsp3) is 0.300. The van der Waals surface area contributed by atoms with Crippen LogP contribution in [0.1, 0.15) is 23.7 Å². The number of carbonyl (C=O) groups excluding carboxylic acids is 1. The van der Waals surface area contributed by atoms with Crippen LogP contribution in [0.25, 0.3) is 0 Å². The van der Waals surface area contributed by atoms with Crippen molar-refractivity contribution in [1.82, 2.24) is 0 Å². The van der Waals surface area contributed by atoms with Crippen molar-refractivity contribution >= 4 is 21.7 Å². The molecular weight excluding hydrogens is 232 g/mol. The number of carbonyl (C=O) groups is 1. The highest BCUT2D eigenvalue weighted by molar-refractivity contribution is 9.10. The van der Waals surface area contributed by atoms with Gasteiger partial charge in [0.05, 0.1) is 12.7 Å². The molecule has 0 saturated carbocycles. The quantitative estimate of drug-likeness (QED) is 0.762. The summed E-state index contributed by atoms with van der Waals surface area (Å²) in [5, 5.41) is 0. The summed E-state index contributed by atoms with van der Waals surface area (Å²) < 4.78 is 6.01. The average molecular weight is 243 g/mol. The van der Waals surface area contributed by atoms with Crippen molar-refractivity contribution in [1.29, 1.82) is 0 Å². The molecule has 0 fully saturated rings. The van der Waals surface area contributed by atoms with E-state index in [4.69, 9.17) is 4.74 Å². The largest absolute Gasteiger partial charge is 0.496 e. The molecule has 0 spiro atoms. The van der Waals surface area contributed by atoms with Gasteiger partial charge in [0.1, 0.15) is 5.75 Å². The Balaban J connectivity index is 3.13. The third-order valence-electron chi connectivity index (χ3n) is 1.79. The van der Waals surface area contributed by atoms with Crippen LogP contribution in [0, 0.1) is 0 Å². The number of halogens is 1. The standard InChI is InChI=1S/C10H11BrO2/c1-3-9(12)8-5-4-7(11)6-10(8)13-2/h4-6H,3H2,1-2H3. The Hall–Kier alpha value is -0.830. The molecule has 0 heterocycles. The van der Waals surface area contributed by atoms with Crippen LogP contribution in [0.5, 0.6) is 5.75 Å². The number of rotatable bonds is 3. The molecule has 70 valence electrons. The smallest absolute Gasteiger partial charge is 0.166 e. The minimum Gasteiger partial charge on any atom is -0.496 e. The van der Waals surface area contributed by atoms with Crippen LogP contribution >= 0.6 is 15.9 Å². The van der Waals surface area contributed by atoms with E-state index in [1.165, 1.54) is 0 Å². The molecule has 0 aliphatic heterocycles. The number of benzene rings is 1. The Kier molecular flexibility index (Phi) is 3.48. The first kappa shape index (κ1) is 10.3. The fourth-order valence-electron chi connectivity index (χ4n) is 1.09. The molecule has 0 amide bonds. The highest BCUT2D eigenvalue weighted by atomic mass is 79.9. The second-order valence-corrected chi connectivity index (χ2v) is 3.54. The fourth-order valence-corrected chi connectivity index (χ4v) is 1.43. The Morgan fingerprint density at radius 3 is 2.77 bits per heavy atom. The number of ketones is 1. The first-order valence-corrected chi connectivity index (χ1v) is 4.85. The van der Waals surface area contributed by atoms with Crippen LogP contribution in [-0.2, 0) is 0 Å². The van der Waals surface area contributed by atoms with E-state index >= 15 is 0 Å². The molecule has 13 heavy (non-hydrogen) atoms. The van der Waals surface area contributed by atoms with Crippen LogP contribution in [0.4, 0.5) is 0 Å². The van der Waals surface area contributed by atoms with Crippen LogP contribution < -0.4 is 4.74 Å². The van der Waals surface area contributed by atoms with Crippen LogP contribution in [0.3, 0.4) is 0 Å². The molecule has 0 unspecified atom stereocenters. The van der Waals surface area contributed by atoms with E-state index in [0.29, 0.717) is 17.7 Å². The molecule has 1 rings (SSSR count). The maximum absolute atomic E-state index is 11.4. The molecule has 0 bridgehead atoms. The van der Waals surface area contributed by atoms with E-state index in [9.17, 15) is 4.79 Å². The highest BCUT2D eigenvalue weighted by Crippen LogP contribution is 2.24. The van der Waals surface area contributed by atoms with Gasteiger partial charge in [0.2, 0.25) is 0 Å². The summed E-state index contributed by atoms with van der Waals surface area (Å²) in [6.45, 7) is 1.84. The van der Waals surface area contributed by atoms with E-state index in [2.05, 4.69) is 15.9 Å². The van der Waals surface area contributed by atoms with Gasteiger partial charge in [0, 0.05) is 10.9 Å². The lowest BCUT2D eigenvalue weighted by atomic mass is 10.1. The maximum atomic E-state index is 11.4. The number of Topliss-reactive ketones (excluding diaryl/α,β-unsaturated/α-hetero) is 1. The number of methoxy groups -OCH3 is 1. The van der Waals surface area contributed by atoms with Crippen LogP contribution in [0.2, 0.25) is 0 Å². The minimum absolute atomic E-state index is 0.101. The number of hydrogen-bond donors (Lipinski definition) is 0. The van der Waals surface area contributed by atoms with Gasteiger partial charge in [-0.2, -0.15) is 0 Å². The summed E-state index contributed by atoms with van der Waals surface area (Å²) in [6.07, 6.45) is 0.498. The predicted octanol–water partition coefficient (Wildman–Crippen LogP) is 3.05. The van der Waals surface area contributed by atoms with Gasteiger partial charge in [-0.25, -0.2) is 0 Å². The molecule has 0 aromatic heterocycles. The molecule has 0 N–H and O–H groups in total. The lowest BCUT2D eigenvalue weighted by molar-refractivity contribution is 0.0985. The minimum atomic E-state index is 0.101. The first-order valence-electron chi connectivity index (χ1n) is 4.05. The molecular formula is C10H11BrO2. The van der Waals surface area contributed by atoms with Crippen LogP contribution in [-0.4, -0.2) is 12.9 Å². The van der Waals surface area contributed by atoms with Gasteiger partial charge in [-0.1, -0.05) is 22.9 Å². The third-order valence-corrected chi connectivity index (χ3v) is 2.28. The molecule has 3 heteroatoms. The second kappa shape index (κ2) is 4.42. The number of hydrogen-bond acceptors (Lipinski definition) is 2. The highest BCUT2D eigenvalue weighted by Gasteiger charge is 2.09. The van der Waals surface area contributed by atoms with Gasteiger partial charge in [-0.05, 0) is 18.2 Å². The van der Waals surface area contributed by atoms with Crippen molar-refractivity contribution in [3.8, 4) is 5.75 Å². The van der Waals surface area contributed by atoms with Gasteiger partial charge in [-0.3, -0.25) is 4.79 Å². The van der Waals surface area contributed by atoms with Gasteiger partial charge < -0.3 is 4.74 Å². The summed E-state index contributed by atoms with van der Waals surface area (Å²) in [5.41, 5.74) is 0.646. The van der Waals surface area contributed by atoms with Crippen molar-refractivity contribution in [3.63, 3.8) is 0 Å². The van der Waals surface area contributed by atoms with E-state index < -0.39 is 0 Å². The summed E-state index contributed by atoms with van der Waals surface area (Å²) in [5.74, 6) is 0.727. The Labute approximate surface area is 86.0 Å². The normalized spacial score (nSPS) is 9.77. The molecule has 1 aromatic carbocycles. The van der Waals surface area contributed by atoms with Crippen molar-refractivity contribution in [2.45, 2.75) is 13.3 Å². The topological polar surface area (TPSA) is 26.3 Å². The second-order valence-electron chi connectivity index (χ2n) is 2.62. The predicted molar refractivity (Wildman–Crippen MR) is 55.3 cm³/mol. The van der Waals surface area contributed by atoms with E-state index in [-0.39, 0.29) is 5.78 Å². The van der Waals surface area contributed by atoms with Gasteiger partial charge in [0.25, 0.3) is 0 Å². The monoisotopic (exact) mass is 242 g/mol. The van der Waals surface area contributed by atoms with Crippen molar-refractivity contribution in [3.05, 3.63) is 28.2 Å². The average Bonchev–Trinajstić information content (AvgIpc) is 2.16. The summed E-state index contributed by atoms with van der Waals surface area (Å²) in [4.78, 5) is 11.4. The zero-order valence-corrected chi connectivity index (χ0v) is 9.22. The van der Waals surface area contributed by atoms with E-state index in [1.807, 2.05) is 13.0 Å². The summed E-state index contributed by atoms with van der Waals surface area (Å²) in [7, 11) is 1.56. The Morgan fingerprint density at radius 2 is 2.23 bits per heavy atom. The molecule has 0 radical (unpaired) electrons. The van der Waals surface area contributed by atoms with Gasteiger partial charge in [-0.15, -0.1) is 0 Å². The lowest BCUT2D eigenvalue weighted by Gasteiger charge is -2.06. The lowest BCUT2D eigenvalue weighted by Crippen LogP contribution is -2.00.